The molecule has 2 aromatic rings. The lowest BCUT2D eigenvalue weighted by Crippen LogP contribution is -2.03. The minimum atomic E-state index is -1.14. The third-order valence-electron chi connectivity index (χ3n) is 1.54. The lowest BCUT2D eigenvalue weighted by molar-refractivity contribution is 0.0684. The molecule has 2 aromatic heterocycles. The van der Waals surface area contributed by atoms with E-state index in [-0.39, 0.29) is 5.82 Å². The Kier molecular flexibility index (Phi) is 1.70. The summed E-state index contributed by atoms with van der Waals surface area (Å²) in [4.78, 5) is 17.9. The molecule has 0 aliphatic carbocycles. The Morgan fingerprint density at radius 1 is 1.54 bits per heavy atom. The van der Waals surface area contributed by atoms with Crippen LogP contribution in [-0.4, -0.2) is 30.6 Å². The summed E-state index contributed by atoms with van der Waals surface area (Å²) in [5.74, 6) is -1.36. The molecule has 1 atom stereocenters. The van der Waals surface area contributed by atoms with E-state index in [4.69, 9.17) is 5.11 Å². The highest BCUT2D eigenvalue weighted by atomic mass is 31.0. The second kappa shape index (κ2) is 2.74. The number of carboxylic acid groups (broad SMARTS) is 1. The summed E-state index contributed by atoms with van der Waals surface area (Å²) in [6.07, 6.45) is 2.90. The largest absolute Gasteiger partial charge is 0.475 e. The van der Waals surface area contributed by atoms with E-state index in [1.165, 1.54) is 16.8 Å². The van der Waals surface area contributed by atoms with Crippen molar-refractivity contribution in [2.75, 3.05) is 0 Å². The second-order valence-electron chi connectivity index (χ2n) is 2.36. The molecule has 1 N–H and O–H groups in total. The van der Waals surface area contributed by atoms with Crippen molar-refractivity contribution in [2.45, 2.75) is 0 Å². The lowest BCUT2D eigenvalue weighted by atomic mass is 10.4. The molecule has 0 aromatic carbocycles. The predicted molar refractivity (Wildman–Crippen MR) is 47.4 cm³/mol. The van der Waals surface area contributed by atoms with Crippen molar-refractivity contribution in [1.29, 1.82) is 0 Å². The first kappa shape index (κ1) is 8.07. The normalized spacial score (nSPS) is 10.5. The number of hydrogen-bond acceptors (Lipinski definition) is 4. The highest BCUT2D eigenvalue weighted by molar-refractivity contribution is 7.14. The summed E-state index contributed by atoms with van der Waals surface area (Å²) in [5, 5.41) is 12.5. The van der Waals surface area contributed by atoms with E-state index in [1.54, 1.807) is 0 Å². The van der Waals surface area contributed by atoms with Crippen LogP contribution in [0.5, 0.6) is 0 Å². The fraction of sp³-hybridized carbons (Fsp3) is 0. The molecule has 2 heterocycles. The number of carboxylic acids is 1. The van der Waals surface area contributed by atoms with Crippen molar-refractivity contribution < 1.29 is 9.90 Å². The summed E-state index contributed by atoms with van der Waals surface area (Å²) in [6, 6.07) is 0. The molecule has 66 valence electrons. The van der Waals surface area contributed by atoms with Crippen LogP contribution in [0.3, 0.4) is 0 Å². The maximum Gasteiger partial charge on any atom is 0.373 e. The maximum absolute atomic E-state index is 10.5. The van der Waals surface area contributed by atoms with Gasteiger partial charge in [-0.25, -0.2) is 19.2 Å². The van der Waals surface area contributed by atoms with E-state index in [0.29, 0.717) is 11.0 Å². The van der Waals surface area contributed by atoms with Crippen LogP contribution in [0.15, 0.2) is 12.4 Å². The summed E-state index contributed by atoms with van der Waals surface area (Å²) in [6.45, 7) is 0. The van der Waals surface area contributed by atoms with Crippen molar-refractivity contribution in [2.24, 2.45) is 0 Å². The van der Waals surface area contributed by atoms with Gasteiger partial charge in [-0.3, -0.25) is 0 Å². The van der Waals surface area contributed by atoms with E-state index in [1.807, 2.05) is 0 Å². The van der Waals surface area contributed by atoms with Crippen LogP contribution in [-0.2, 0) is 0 Å². The predicted octanol–water partition coefficient (Wildman–Crippen LogP) is 0.163. The van der Waals surface area contributed by atoms with Gasteiger partial charge in [0.1, 0.15) is 11.0 Å². The molecule has 0 saturated heterocycles. The zero-order valence-corrected chi connectivity index (χ0v) is 7.53. The van der Waals surface area contributed by atoms with E-state index >= 15 is 0 Å². The van der Waals surface area contributed by atoms with Gasteiger partial charge >= 0.3 is 5.97 Å². The van der Waals surface area contributed by atoms with Crippen molar-refractivity contribution >= 4 is 26.4 Å². The molecule has 13 heavy (non-hydrogen) atoms. The van der Waals surface area contributed by atoms with E-state index < -0.39 is 5.97 Å². The SMILES string of the molecule is O=C(O)c1ncc2c(cnn2P)n1. The first-order valence-corrected chi connectivity index (χ1v) is 3.89. The van der Waals surface area contributed by atoms with Gasteiger partial charge in [0.15, 0.2) is 0 Å². The third kappa shape index (κ3) is 1.25. The highest BCUT2D eigenvalue weighted by Crippen LogP contribution is 2.11. The molecule has 0 radical (unpaired) electrons. The number of aromatic carboxylic acids is 1. The van der Waals surface area contributed by atoms with Crippen molar-refractivity contribution in [3.8, 4) is 0 Å². The van der Waals surface area contributed by atoms with Crippen molar-refractivity contribution in [3.05, 3.63) is 18.2 Å². The molecule has 0 spiro atoms. The Balaban J connectivity index is 2.70. The van der Waals surface area contributed by atoms with E-state index in [2.05, 4.69) is 24.5 Å². The van der Waals surface area contributed by atoms with Crippen molar-refractivity contribution in [1.82, 2.24) is 19.5 Å². The molecule has 0 fully saturated rings. The van der Waals surface area contributed by atoms with Crippen molar-refractivity contribution in [3.63, 3.8) is 0 Å². The molecular formula is C6H5N4O2P. The molecule has 0 saturated carbocycles. The molecule has 0 aliphatic rings. The Bertz CT molecular complexity index is 480. The number of rotatable bonds is 1. The van der Waals surface area contributed by atoms with Gasteiger partial charge in [-0.1, -0.05) is 0 Å². The maximum atomic E-state index is 10.5. The van der Waals surface area contributed by atoms with Gasteiger partial charge in [-0.2, -0.15) is 5.10 Å². The monoisotopic (exact) mass is 196 g/mol. The lowest BCUT2D eigenvalue weighted by Gasteiger charge is -1.93. The second-order valence-corrected chi connectivity index (χ2v) is 2.85. The Morgan fingerprint density at radius 2 is 2.31 bits per heavy atom. The summed E-state index contributed by atoms with van der Waals surface area (Å²) in [5.41, 5.74) is 1.19. The Hall–Kier alpha value is -1.55. The highest BCUT2D eigenvalue weighted by Gasteiger charge is 2.08. The quantitative estimate of drug-likeness (QED) is 0.657. The fourth-order valence-electron chi connectivity index (χ4n) is 0.942. The number of aromatic nitrogens is 4. The van der Waals surface area contributed by atoms with Crippen LogP contribution in [0.2, 0.25) is 0 Å². The van der Waals surface area contributed by atoms with Crippen LogP contribution in [0.1, 0.15) is 10.6 Å². The summed E-state index contributed by atoms with van der Waals surface area (Å²) in [7, 11) is 2.35. The molecule has 0 amide bonds. The number of nitrogens with zero attached hydrogens (tertiary/aromatic N) is 4. The number of hydrogen-bond donors (Lipinski definition) is 1. The average molecular weight is 196 g/mol. The molecule has 1 unspecified atom stereocenters. The zero-order valence-electron chi connectivity index (χ0n) is 6.38. The average Bonchev–Trinajstić information content (AvgIpc) is 2.47. The molecule has 0 bridgehead atoms. The Morgan fingerprint density at radius 3 is 3.00 bits per heavy atom. The first-order valence-electron chi connectivity index (χ1n) is 3.37. The molecule has 2 rings (SSSR count). The fourth-order valence-corrected chi connectivity index (χ4v) is 1.21. The van der Waals surface area contributed by atoms with Gasteiger partial charge in [-0.05, 0) is 9.39 Å². The van der Waals surface area contributed by atoms with Crippen LogP contribution in [0.4, 0.5) is 0 Å². The smallest absolute Gasteiger partial charge is 0.373 e. The van der Waals surface area contributed by atoms with Gasteiger partial charge in [0.2, 0.25) is 5.82 Å². The van der Waals surface area contributed by atoms with E-state index in [0.717, 1.165) is 0 Å². The van der Waals surface area contributed by atoms with Gasteiger partial charge < -0.3 is 5.11 Å². The molecular weight excluding hydrogens is 191 g/mol. The van der Waals surface area contributed by atoms with Crippen LogP contribution < -0.4 is 0 Å². The van der Waals surface area contributed by atoms with Gasteiger partial charge in [-0.15, -0.1) is 0 Å². The van der Waals surface area contributed by atoms with Gasteiger partial charge in [0.05, 0.1) is 12.4 Å². The molecule has 7 heteroatoms. The Labute approximate surface area is 74.9 Å². The first-order chi connectivity index (χ1) is 6.18. The summed E-state index contributed by atoms with van der Waals surface area (Å²) >= 11 is 0. The number of carbonyl (C=O) groups is 1. The van der Waals surface area contributed by atoms with Gasteiger partial charge in [0, 0.05) is 0 Å². The zero-order chi connectivity index (χ0) is 9.42. The van der Waals surface area contributed by atoms with E-state index in [9.17, 15) is 4.79 Å². The van der Waals surface area contributed by atoms with Crippen LogP contribution in [0, 0.1) is 0 Å². The van der Waals surface area contributed by atoms with Gasteiger partial charge in [0.25, 0.3) is 0 Å². The topological polar surface area (TPSA) is 80.9 Å². The minimum Gasteiger partial charge on any atom is -0.475 e. The van der Waals surface area contributed by atoms with Crippen LogP contribution in [0.25, 0.3) is 11.0 Å². The third-order valence-corrected chi connectivity index (χ3v) is 1.95. The standard InChI is InChI=1S/C6H5N4O2P/c11-6(12)5-7-2-4-3(9-5)1-8-10(4)13/h1-2H,13H2,(H,11,12). The molecule has 0 aliphatic heterocycles. The number of fused-ring (bicyclic) bond motifs is 1. The minimum absolute atomic E-state index is 0.217. The van der Waals surface area contributed by atoms with Crippen LogP contribution >= 0.6 is 9.39 Å². The molecule has 6 nitrogen and oxygen atoms in total. The summed E-state index contributed by atoms with van der Waals surface area (Å²) < 4.78 is 1.50.